The van der Waals surface area contributed by atoms with Crippen molar-refractivity contribution in [3.63, 3.8) is 0 Å². The highest BCUT2D eigenvalue weighted by Gasteiger charge is 2.27. The summed E-state index contributed by atoms with van der Waals surface area (Å²) in [5, 5.41) is 0. The van der Waals surface area contributed by atoms with Gasteiger partial charge in [-0.3, -0.25) is 0 Å². The summed E-state index contributed by atoms with van der Waals surface area (Å²) in [4.78, 5) is 2.54. The van der Waals surface area contributed by atoms with Crippen LogP contribution in [0.5, 0.6) is 0 Å². The van der Waals surface area contributed by atoms with Crippen LogP contribution in [0.1, 0.15) is 26.2 Å². The first-order valence-electron chi connectivity index (χ1n) is 7.93. The molecule has 0 aromatic rings. The predicted octanol–water partition coefficient (Wildman–Crippen LogP) is 4.41. The van der Waals surface area contributed by atoms with Gasteiger partial charge in [-0.2, -0.15) is 0 Å². The maximum atomic E-state index is 6.33. The Labute approximate surface area is 127 Å². The van der Waals surface area contributed by atoms with Crippen LogP contribution in [0.2, 0.25) is 39.3 Å². The van der Waals surface area contributed by atoms with E-state index in [1.807, 2.05) is 0 Å². The molecule has 1 rings (SSSR count). The maximum absolute atomic E-state index is 6.33. The highest BCUT2D eigenvalue weighted by Crippen LogP contribution is 2.26. The molecule has 118 valence electrons. The molecule has 0 radical (unpaired) electrons. The fourth-order valence-electron chi connectivity index (χ4n) is 2.40. The molecule has 0 aliphatic carbocycles. The van der Waals surface area contributed by atoms with Gasteiger partial charge in [0, 0.05) is 25.9 Å². The summed E-state index contributed by atoms with van der Waals surface area (Å²) in [7, 11) is -3.13. The highest BCUT2D eigenvalue weighted by atomic mass is 28.4. The molecule has 20 heavy (non-hydrogen) atoms. The lowest BCUT2D eigenvalue weighted by molar-refractivity contribution is 0.275. The van der Waals surface area contributed by atoms with E-state index in [0.29, 0.717) is 0 Å². The van der Waals surface area contributed by atoms with Gasteiger partial charge in [0.2, 0.25) is 16.6 Å². The zero-order chi connectivity index (χ0) is 15.4. The first-order chi connectivity index (χ1) is 9.11. The van der Waals surface area contributed by atoms with Crippen LogP contribution in [-0.2, 0) is 8.85 Å². The van der Waals surface area contributed by atoms with E-state index < -0.39 is 16.6 Å². The van der Waals surface area contributed by atoms with Gasteiger partial charge in [0.25, 0.3) is 0 Å². The monoisotopic (exact) mass is 315 g/mol. The van der Waals surface area contributed by atoms with Gasteiger partial charge >= 0.3 is 0 Å². The van der Waals surface area contributed by atoms with Gasteiger partial charge in [-0.15, -0.1) is 0 Å². The molecule has 0 N–H and O–H groups in total. The minimum absolute atomic E-state index is 1.00. The molecule has 0 aromatic carbocycles. The van der Waals surface area contributed by atoms with Crippen LogP contribution < -0.4 is 0 Å². The smallest absolute Gasteiger partial charge is 0.241 e. The molecule has 3 nitrogen and oxygen atoms in total. The van der Waals surface area contributed by atoms with Crippen LogP contribution in [-0.4, -0.2) is 41.2 Å². The van der Waals surface area contributed by atoms with Crippen LogP contribution >= 0.6 is 0 Å². The third-order valence-corrected chi connectivity index (χ3v) is 4.74. The van der Waals surface area contributed by atoms with Crippen molar-refractivity contribution < 1.29 is 8.85 Å². The average Bonchev–Trinajstić information content (AvgIpc) is 2.41. The summed E-state index contributed by atoms with van der Waals surface area (Å²) in [6.45, 7) is 19.1. The second kappa shape index (κ2) is 7.14. The first kappa shape index (κ1) is 17.8. The van der Waals surface area contributed by atoms with Crippen LogP contribution in [0.15, 0.2) is 11.5 Å². The molecule has 0 saturated carbocycles. The molecule has 0 fully saturated rings. The van der Waals surface area contributed by atoms with E-state index in [4.69, 9.17) is 8.85 Å². The quantitative estimate of drug-likeness (QED) is 0.678. The molecule has 1 aliphatic rings. The van der Waals surface area contributed by atoms with E-state index in [9.17, 15) is 0 Å². The fraction of sp³-hybridized carbons (Fsp3) is 0.867. The normalized spacial score (nSPS) is 18.9. The fourth-order valence-corrected chi connectivity index (χ4v) is 4.32. The molecule has 0 amide bonds. The molecular formula is C15H33NO2Si2. The summed E-state index contributed by atoms with van der Waals surface area (Å²) in [5.41, 5.74) is 0. The largest absolute Gasteiger partial charge is 0.545 e. The number of nitrogens with zero attached hydrogens (tertiary/aromatic N) is 1. The van der Waals surface area contributed by atoms with Crippen molar-refractivity contribution >= 4 is 16.6 Å². The van der Waals surface area contributed by atoms with Crippen molar-refractivity contribution in [3.05, 3.63) is 11.5 Å². The summed E-state index contributed by atoms with van der Waals surface area (Å²) >= 11 is 0. The van der Waals surface area contributed by atoms with Gasteiger partial charge in [-0.1, -0.05) is 6.92 Å². The zero-order valence-electron chi connectivity index (χ0n) is 14.5. The van der Waals surface area contributed by atoms with Crippen molar-refractivity contribution in [1.82, 2.24) is 4.90 Å². The van der Waals surface area contributed by atoms with Crippen LogP contribution in [0.25, 0.3) is 0 Å². The Kier molecular flexibility index (Phi) is 6.35. The summed E-state index contributed by atoms with van der Waals surface area (Å²) < 4.78 is 12.7. The topological polar surface area (TPSA) is 21.7 Å². The minimum atomic E-state index is -1.57. The molecule has 0 atom stereocenters. The maximum Gasteiger partial charge on any atom is 0.241 e. The molecule has 1 heterocycles. The Morgan fingerprint density at radius 2 is 1.25 bits per heavy atom. The van der Waals surface area contributed by atoms with Gasteiger partial charge in [-0.05, 0) is 52.2 Å². The van der Waals surface area contributed by atoms with E-state index in [0.717, 1.165) is 37.4 Å². The summed E-state index contributed by atoms with van der Waals surface area (Å²) in [6, 6.07) is 0. The van der Waals surface area contributed by atoms with Gasteiger partial charge in [0.15, 0.2) is 0 Å². The molecule has 1 aliphatic heterocycles. The number of rotatable bonds is 6. The molecule has 0 saturated heterocycles. The Morgan fingerprint density at radius 1 is 0.850 bits per heavy atom. The van der Waals surface area contributed by atoms with E-state index in [-0.39, 0.29) is 0 Å². The standard InChI is InChI=1S/C15H33NO2Si2/c1-8-11-16-12-9-14(17-19(2,3)4)15(10-13-16)18-20(5,6)7/h8-13H2,1-7H3. The molecule has 0 spiro atoms. The summed E-state index contributed by atoms with van der Waals surface area (Å²) in [6.07, 6.45) is 3.22. The molecule has 5 heteroatoms. The van der Waals surface area contributed by atoms with E-state index in [2.05, 4.69) is 51.1 Å². The van der Waals surface area contributed by atoms with Gasteiger partial charge in [-0.25, -0.2) is 0 Å². The number of hydrogen-bond donors (Lipinski definition) is 0. The average molecular weight is 316 g/mol. The molecular weight excluding hydrogens is 282 g/mol. The predicted molar refractivity (Wildman–Crippen MR) is 91.9 cm³/mol. The van der Waals surface area contributed by atoms with Crippen LogP contribution in [0.4, 0.5) is 0 Å². The third-order valence-electron chi connectivity index (χ3n) is 3.02. The van der Waals surface area contributed by atoms with Crippen LogP contribution in [0, 0.1) is 0 Å². The van der Waals surface area contributed by atoms with Crippen molar-refractivity contribution in [2.75, 3.05) is 19.6 Å². The minimum Gasteiger partial charge on any atom is -0.545 e. The molecule has 0 unspecified atom stereocenters. The Bertz CT molecular complexity index is 313. The lowest BCUT2D eigenvalue weighted by atomic mass is 10.3. The summed E-state index contributed by atoms with van der Waals surface area (Å²) in [5.74, 6) is 2.29. The lowest BCUT2D eigenvalue weighted by Crippen LogP contribution is -2.29. The Hall–Kier alpha value is -0.266. The van der Waals surface area contributed by atoms with Crippen molar-refractivity contribution in [2.45, 2.75) is 65.5 Å². The zero-order valence-corrected chi connectivity index (χ0v) is 16.5. The lowest BCUT2D eigenvalue weighted by Gasteiger charge is -2.27. The van der Waals surface area contributed by atoms with Crippen molar-refractivity contribution in [3.8, 4) is 0 Å². The second-order valence-electron chi connectivity index (χ2n) is 7.62. The number of hydrogen-bond acceptors (Lipinski definition) is 3. The van der Waals surface area contributed by atoms with Crippen molar-refractivity contribution in [1.29, 1.82) is 0 Å². The Morgan fingerprint density at radius 3 is 1.55 bits per heavy atom. The van der Waals surface area contributed by atoms with Gasteiger partial charge in [0.1, 0.15) is 11.5 Å². The van der Waals surface area contributed by atoms with Gasteiger partial charge in [0.05, 0.1) is 0 Å². The second-order valence-corrected chi connectivity index (χ2v) is 16.5. The van der Waals surface area contributed by atoms with Gasteiger partial charge < -0.3 is 13.8 Å². The molecule has 0 bridgehead atoms. The SMILES string of the molecule is CCCN1CCC(O[Si](C)(C)C)=C(O[Si](C)(C)C)CC1. The molecule has 0 aromatic heterocycles. The van der Waals surface area contributed by atoms with E-state index >= 15 is 0 Å². The highest BCUT2D eigenvalue weighted by molar-refractivity contribution is 6.70. The first-order valence-corrected chi connectivity index (χ1v) is 14.7. The van der Waals surface area contributed by atoms with Crippen molar-refractivity contribution in [2.24, 2.45) is 0 Å². The Balaban J connectivity index is 2.86. The third kappa shape index (κ3) is 6.95. The van der Waals surface area contributed by atoms with Crippen LogP contribution in [0.3, 0.4) is 0 Å². The van der Waals surface area contributed by atoms with E-state index in [1.54, 1.807) is 0 Å². The van der Waals surface area contributed by atoms with E-state index in [1.165, 1.54) is 13.0 Å².